The average molecular weight is 181 g/mol. The normalized spacial score (nSPS) is 12.0. The molecule has 0 spiro atoms. The summed E-state index contributed by atoms with van der Waals surface area (Å²) in [5.74, 6) is 0. The van der Waals surface area contributed by atoms with Gasteiger partial charge in [-0.3, -0.25) is 0 Å². The van der Waals surface area contributed by atoms with Crippen LogP contribution in [-0.2, 0) is 4.74 Å². The number of hydrogen-bond donors (Lipinski definition) is 0. The van der Waals surface area contributed by atoms with Gasteiger partial charge in [0.1, 0.15) is 0 Å². The SMILES string of the molecule is COCC(C)(C)CBr. The average Bonchev–Trinajstić information content (AvgIpc) is 1.67. The minimum absolute atomic E-state index is 0.286. The molecule has 0 saturated carbocycles. The van der Waals surface area contributed by atoms with Crippen molar-refractivity contribution in [1.82, 2.24) is 0 Å². The molecule has 0 amide bonds. The van der Waals surface area contributed by atoms with Crippen LogP contribution in [0, 0.1) is 5.41 Å². The number of methoxy groups -OCH3 is 1. The Bertz CT molecular complexity index is 61.5. The van der Waals surface area contributed by atoms with Crippen LogP contribution in [0.25, 0.3) is 0 Å². The summed E-state index contributed by atoms with van der Waals surface area (Å²) in [7, 11) is 1.73. The highest BCUT2D eigenvalue weighted by molar-refractivity contribution is 9.09. The second kappa shape index (κ2) is 3.46. The Kier molecular flexibility index (Phi) is 3.65. The summed E-state index contributed by atoms with van der Waals surface area (Å²) in [5, 5.41) is 0.994. The molecule has 0 aliphatic carbocycles. The van der Waals surface area contributed by atoms with Gasteiger partial charge in [0.15, 0.2) is 0 Å². The van der Waals surface area contributed by atoms with Gasteiger partial charge in [-0.25, -0.2) is 0 Å². The molecule has 0 bridgehead atoms. The largest absolute Gasteiger partial charge is 0.384 e. The van der Waals surface area contributed by atoms with Crippen LogP contribution in [0.4, 0.5) is 0 Å². The zero-order valence-corrected chi connectivity index (χ0v) is 7.29. The van der Waals surface area contributed by atoms with E-state index in [1.54, 1.807) is 7.11 Å². The molecule has 0 aromatic carbocycles. The van der Waals surface area contributed by atoms with Crippen molar-refractivity contribution in [2.24, 2.45) is 5.41 Å². The van der Waals surface area contributed by atoms with E-state index < -0.39 is 0 Å². The highest BCUT2D eigenvalue weighted by Crippen LogP contribution is 2.17. The lowest BCUT2D eigenvalue weighted by atomic mass is 9.99. The Morgan fingerprint density at radius 3 is 2.12 bits per heavy atom. The second-order valence-electron chi connectivity index (χ2n) is 2.73. The first-order valence-electron chi connectivity index (χ1n) is 2.67. The summed E-state index contributed by atoms with van der Waals surface area (Å²) >= 11 is 3.39. The van der Waals surface area contributed by atoms with Crippen LogP contribution in [-0.4, -0.2) is 19.0 Å². The number of alkyl halides is 1. The maximum absolute atomic E-state index is 4.97. The molecular formula is C6H13BrO. The molecule has 0 saturated heterocycles. The lowest BCUT2D eigenvalue weighted by molar-refractivity contribution is 0.120. The van der Waals surface area contributed by atoms with E-state index in [9.17, 15) is 0 Å². The van der Waals surface area contributed by atoms with Crippen molar-refractivity contribution < 1.29 is 4.74 Å². The topological polar surface area (TPSA) is 9.23 Å². The number of ether oxygens (including phenoxy) is 1. The quantitative estimate of drug-likeness (QED) is 0.605. The van der Waals surface area contributed by atoms with Gasteiger partial charge < -0.3 is 4.74 Å². The molecule has 0 atom stereocenters. The third-order valence-corrected chi connectivity index (χ3v) is 2.41. The smallest absolute Gasteiger partial charge is 0.0521 e. The van der Waals surface area contributed by atoms with Gasteiger partial charge in [0, 0.05) is 12.4 Å². The molecular weight excluding hydrogens is 168 g/mol. The molecule has 0 aliphatic rings. The highest BCUT2D eigenvalue weighted by Gasteiger charge is 2.14. The fourth-order valence-electron chi connectivity index (χ4n) is 0.429. The molecule has 8 heavy (non-hydrogen) atoms. The Morgan fingerprint density at radius 1 is 1.50 bits per heavy atom. The minimum Gasteiger partial charge on any atom is -0.384 e. The molecule has 0 heterocycles. The molecule has 1 nitrogen and oxygen atoms in total. The molecule has 0 N–H and O–H groups in total. The van der Waals surface area contributed by atoms with E-state index in [2.05, 4.69) is 29.8 Å². The standard InChI is InChI=1S/C6H13BrO/c1-6(2,4-7)5-8-3/h4-5H2,1-3H3. The third kappa shape index (κ3) is 3.44. The van der Waals surface area contributed by atoms with E-state index in [0.717, 1.165) is 11.9 Å². The van der Waals surface area contributed by atoms with Crippen LogP contribution in [0.1, 0.15) is 13.8 Å². The number of hydrogen-bond acceptors (Lipinski definition) is 1. The summed E-state index contributed by atoms with van der Waals surface area (Å²) in [5.41, 5.74) is 0.286. The molecule has 0 rings (SSSR count). The van der Waals surface area contributed by atoms with Crippen molar-refractivity contribution in [2.45, 2.75) is 13.8 Å². The lowest BCUT2D eigenvalue weighted by Crippen LogP contribution is -2.19. The van der Waals surface area contributed by atoms with Crippen LogP contribution in [0.3, 0.4) is 0 Å². The molecule has 2 heteroatoms. The van der Waals surface area contributed by atoms with E-state index in [0.29, 0.717) is 0 Å². The van der Waals surface area contributed by atoms with Gasteiger partial charge in [-0.1, -0.05) is 29.8 Å². The molecule has 0 aromatic heterocycles. The van der Waals surface area contributed by atoms with Crippen LogP contribution in [0.15, 0.2) is 0 Å². The molecule has 0 fully saturated rings. The zero-order valence-electron chi connectivity index (χ0n) is 5.70. The van der Waals surface area contributed by atoms with Crippen LogP contribution in [0.2, 0.25) is 0 Å². The van der Waals surface area contributed by atoms with Crippen LogP contribution in [0.5, 0.6) is 0 Å². The van der Waals surface area contributed by atoms with E-state index in [-0.39, 0.29) is 5.41 Å². The first kappa shape index (κ1) is 8.44. The molecule has 0 radical (unpaired) electrons. The fourth-order valence-corrected chi connectivity index (χ4v) is 0.591. The summed E-state index contributed by atoms with van der Waals surface area (Å²) in [6.07, 6.45) is 0. The van der Waals surface area contributed by atoms with Gasteiger partial charge >= 0.3 is 0 Å². The number of rotatable bonds is 3. The Morgan fingerprint density at radius 2 is 2.00 bits per heavy atom. The Labute approximate surface area is 59.5 Å². The molecule has 0 aliphatic heterocycles. The lowest BCUT2D eigenvalue weighted by Gasteiger charge is -2.19. The van der Waals surface area contributed by atoms with Crippen molar-refractivity contribution in [3.05, 3.63) is 0 Å². The van der Waals surface area contributed by atoms with Gasteiger partial charge in [0.2, 0.25) is 0 Å². The molecule has 0 unspecified atom stereocenters. The highest BCUT2D eigenvalue weighted by atomic mass is 79.9. The molecule has 0 aromatic rings. The summed E-state index contributed by atoms with van der Waals surface area (Å²) in [4.78, 5) is 0. The summed E-state index contributed by atoms with van der Waals surface area (Å²) in [6.45, 7) is 5.13. The van der Waals surface area contributed by atoms with E-state index in [1.807, 2.05) is 0 Å². The molecule has 50 valence electrons. The summed E-state index contributed by atoms with van der Waals surface area (Å²) < 4.78 is 4.97. The first-order valence-corrected chi connectivity index (χ1v) is 3.79. The minimum atomic E-state index is 0.286. The van der Waals surface area contributed by atoms with Gasteiger partial charge in [-0.2, -0.15) is 0 Å². The second-order valence-corrected chi connectivity index (χ2v) is 3.29. The zero-order chi connectivity index (χ0) is 6.62. The maximum Gasteiger partial charge on any atom is 0.0521 e. The fraction of sp³-hybridized carbons (Fsp3) is 1.00. The van der Waals surface area contributed by atoms with Gasteiger partial charge in [0.05, 0.1) is 6.61 Å². The van der Waals surface area contributed by atoms with E-state index in [1.165, 1.54) is 0 Å². The van der Waals surface area contributed by atoms with Gasteiger partial charge in [-0.05, 0) is 5.41 Å². The maximum atomic E-state index is 4.97. The Hall–Kier alpha value is 0.440. The van der Waals surface area contributed by atoms with Crippen LogP contribution < -0.4 is 0 Å². The van der Waals surface area contributed by atoms with Crippen molar-refractivity contribution in [2.75, 3.05) is 19.0 Å². The van der Waals surface area contributed by atoms with E-state index >= 15 is 0 Å². The van der Waals surface area contributed by atoms with Gasteiger partial charge in [-0.15, -0.1) is 0 Å². The van der Waals surface area contributed by atoms with Crippen LogP contribution >= 0.6 is 15.9 Å². The predicted octanol–water partition coefficient (Wildman–Crippen LogP) is 2.05. The number of halogens is 1. The van der Waals surface area contributed by atoms with E-state index in [4.69, 9.17) is 4.74 Å². The van der Waals surface area contributed by atoms with Crippen molar-refractivity contribution in [3.63, 3.8) is 0 Å². The predicted molar refractivity (Wildman–Crippen MR) is 39.5 cm³/mol. The third-order valence-electron chi connectivity index (χ3n) is 0.897. The van der Waals surface area contributed by atoms with Crippen molar-refractivity contribution in [1.29, 1.82) is 0 Å². The monoisotopic (exact) mass is 180 g/mol. The Balaban J connectivity index is 3.37. The van der Waals surface area contributed by atoms with Crippen molar-refractivity contribution >= 4 is 15.9 Å². The van der Waals surface area contributed by atoms with Crippen molar-refractivity contribution in [3.8, 4) is 0 Å². The summed E-state index contributed by atoms with van der Waals surface area (Å²) in [6, 6.07) is 0. The van der Waals surface area contributed by atoms with Gasteiger partial charge in [0.25, 0.3) is 0 Å². The first-order chi connectivity index (χ1) is 3.62.